The molecule has 0 radical (unpaired) electrons. The van der Waals surface area contributed by atoms with Crippen molar-refractivity contribution in [3.63, 3.8) is 0 Å². The molecule has 0 N–H and O–H groups in total. The van der Waals surface area contributed by atoms with Crippen LogP contribution in [0.5, 0.6) is 11.5 Å². The van der Waals surface area contributed by atoms with Gasteiger partial charge in [-0.25, -0.2) is 0 Å². The van der Waals surface area contributed by atoms with Crippen LogP contribution < -0.4 is 9.47 Å². The van der Waals surface area contributed by atoms with Gasteiger partial charge in [0.15, 0.2) is 17.3 Å². The van der Waals surface area contributed by atoms with Gasteiger partial charge in [-0.15, -0.1) is 0 Å². The van der Waals surface area contributed by atoms with E-state index in [2.05, 4.69) is 0 Å². The van der Waals surface area contributed by atoms with Crippen molar-refractivity contribution in [2.24, 2.45) is 0 Å². The average Bonchev–Trinajstić information content (AvgIpc) is 2.55. The van der Waals surface area contributed by atoms with E-state index in [1.807, 2.05) is 60.5 Å². The third-order valence-electron chi connectivity index (χ3n) is 3.41. The summed E-state index contributed by atoms with van der Waals surface area (Å²) < 4.78 is 10.5. The first-order chi connectivity index (χ1) is 10.6. The van der Waals surface area contributed by atoms with Gasteiger partial charge in [0.2, 0.25) is 0 Å². The minimum absolute atomic E-state index is 0.114. The van der Waals surface area contributed by atoms with Gasteiger partial charge in [0.05, 0.1) is 20.8 Å². The van der Waals surface area contributed by atoms with Crippen molar-refractivity contribution in [3.05, 3.63) is 59.7 Å². The number of hydrogen-bond donors (Lipinski definition) is 0. The highest BCUT2D eigenvalue weighted by Gasteiger charge is 2.11. The summed E-state index contributed by atoms with van der Waals surface area (Å²) in [6, 6.07) is 15.1. The first-order valence-electron chi connectivity index (χ1n) is 7.11. The van der Waals surface area contributed by atoms with Gasteiger partial charge in [-0.2, -0.15) is 0 Å². The molecule has 2 rings (SSSR count). The average molecular weight is 299 g/mol. The number of rotatable bonds is 7. The van der Waals surface area contributed by atoms with Crippen LogP contribution in [0.25, 0.3) is 0 Å². The first-order valence-corrected chi connectivity index (χ1v) is 7.11. The third kappa shape index (κ3) is 4.09. The van der Waals surface area contributed by atoms with E-state index in [-0.39, 0.29) is 5.78 Å². The largest absolute Gasteiger partial charge is 0.493 e. The van der Waals surface area contributed by atoms with E-state index >= 15 is 0 Å². The summed E-state index contributed by atoms with van der Waals surface area (Å²) >= 11 is 0. The van der Waals surface area contributed by atoms with E-state index in [4.69, 9.17) is 9.47 Å². The molecule has 22 heavy (non-hydrogen) atoms. The summed E-state index contributed by atoms with van der Waals surface area (Å²) in [4.78, 5) is 14.2. The van der Waals surface area contributed by atoms with Gasteiger partial charge in [0.25, 0.3) is 0 Å². The van der Waals surface area contributed by atoms with E-state index in [0.29, 0.717) is 24.6 Å². The highest BCUT2D eigenvalue weighted by atomic mass is 16.5. The van der Waals surface area contributed by atoms with Crippen molar-refractivity contribution in [2.45, 2.75) is 6.54 Å². The molecule has 2 aromatic rings. The van der Waals surface area contributed by atoms with Gasteiger partial charge in [0, 0.05) is 12.1 Å². The normalized spacial score (nSPS) is 10.5. The molecule has 0 bridgehead atoms. The lowest BCUT2D eigenvalue weighted by atomic mass is 10.1. The van der Waals surface area contributed by atoms with Gasteiger partial charge in [-0.3, -0.25) is 9.69 Å². The molecule has 0 aromatic heterocycles. The van der Waals surface area contributed by atoms with Crippen LogP contribution in [0.4, 0.5) is 0 Å². The number of ketones is 1. The van der Waals surface area contributed by atoms with Gasteiger partial charge < -0.3 is 9.47 Å². The highest BCUT2D eigenvalue weighted by molar-refractivity contribution is 5.97. The fourth-order valence-corrected chi connectivity index (χ4v) is 2.31. The number of carbonyl (C=O) groups excluding carboxylic acids is 1. The zero-order valence-electron chi connectivity index (χ0n) is 13.2. The molecule has 0 heterocycles. The zero-order chi connectivity index (χ0) is 15.9. The Morgan fingerprint density at radius 3 is 2.32 bits per heavy atom. The van der Waals surface area contributed by atoms with Gasteiger partial charge >= 0.3 is 0 Å². The maximum atomic E-state index is 12.2. The van der Waals surface area contributed by atoms with Crippen LogP contribution in [-0.2, 0) is 6.54 Å². The van der Waals surface area contributed by atoms with Crippen LogP contribution in [0.15, 0.2) is 48.5 Å². The third-order valence-corrected chi connectivity index (χ3v) is 3.41. The topological polar surface area (TPSA) is 38.8 Å². The molecule has 0 spiro atoms. The SMILES string of the molecule is COc1ccc(CN(C)CC(=O)c2ccccc2)cc1OC. The van der Waals surface area contributed by atoms with Crippen molar-refractivity contribution in [2.75, 3.05) is 27.8 Å². The van der Waals surface area contributed by atoms with Gasteiger partial charge in [-0.05, 0) is 24.7 Å². The Labute approximate surface area is 131 Å². The molecule has 0 aliphatic rings. The van der Waals surface area contributed by atoms with Crippen molar-refractivity contribution in [1.29, 1.82) is 0 Å². The molecule has 0 atom stereocenters. The number of nitrogens with zero attached hydrogens (tertiary/aromatic N) is 1. The number of carbonyl (C=O) groups is 1. The van der Waals surface area contributed by atoms with Gasteiger partial charge in [0.1, 0.15) is 0 Å². The molecule has 4 heteroatoms. The molecule has 0 amide bonds. The van der Waals surface area contributed by atoms with Crippen molar-refractivity contribution in [3.8, 4) is 11.5 Å². The lowest BCUT2D eigenvalue weighted by Crippen LogP contribution is -2.25. The molecular weight excluding hydrogens is 278 g/mol. The van der Waals surface area contributed by atoms with Crippen LogP contribution in [0.3, 0.4) is 0 Å². The molecule has 2 aromatic carbocycles. The summed E-state index contributed by atoms with van der Waals surface area (Å²) in [5, 5.41) is 0. The summed E-state index contributed by atoms with van der Waals surface area (Å²) in [7, 11) is 5.16. The van der Waals surface area contributed by atoms with Crippen molar-refractivity contribution in [1.82, 2.24) is 4.90 Å². The Bertz CT molecular complexity index is 625. The Kier molecular flexibility index (Phi) is 5.55. The second-order valence-corrected chi connectivity index (χ2v) is 5.15. The predicted molar refractivity (Wildman–Crippen MR) is 86.7 cm³/mol. The Morgan fingerprint density at radius 2 is 1.68 bits per heavy atom. The summed E-state index contributed by atoms with van der Waals surface area (Å²) in [5.41, 5.74) is 1.81. The molecular formula is C18H21NO3. The molecule has 0 saturated heterocycles. The molecule has 4 nitrogen and oxygen atoms in total. The van der Waals surface area contributed by atoms with Crippen LogP contribution in [0.2, 0.25) is 0 Å². The van der Waals surface area contributed by atoms with Crippen LogP contribution in [0.1, 0.15) is 15.9 Å². The van der Waals surface area contributed by atoms with E-state index in [0.717, 1.165) is 11.1 Å². The quantitative estimate of drug-likeness (QED) is 0.737. The highest BCUT2D eigenvalue weighted by Crippen LogP contribution is 2.27. The van der Waals surface area contributed by atoms with Crippen LogP contribution >= 0.6 is 0 Å². The second kappa shape index (κ2) is 7.61. The predicted octanol–water partition coefficient (Wildman–Crippen LogP) is 3.02. The van der Waals surface area contributed by atoms with E-state index in [1.54, 1.807) is 14.2 Å². The van der Waals surface area contributed by atoms with E-state index in [9.17, 15) is 4.79 Å². The molecule has 0 fully saturated rings. The summed E-state index contributed by atoms with van der Waals surface area (Å²) in [6.07, 6.45) is 0. The summed E-state index contributed by atoms with van der Waals surface area (Å²) in [5.74, 6) is 1.51. The molecule has 0 aliphatic carbocycles. The smallest absolute Gasteiger partial charge is 0.176 e. The van der Waals surface area contributed by atoms with Gasteiger partial charge in [-0.1, -0.05) is 36.4 Å². The number of ether oxygens (including phenoxy) is 2. The second-order valence-electron chi connectivity index (χ2n) is 5.15. The maximum absolute atomic E-state index is 12.2. The van der Waals surface area contributed by atoms with Crippen LogP contribution in [-0.4, -0.2) is 38.5 Å². The minimum Gasteiger partial charge on any atom is -0.493 e. The van der Waals surface area contributed by atoms with Crippen molar-refractivity contribution < 1.29 is 14.3 Å². The fraction of sp³-hybridized carbons (Fsp3) is 0.278. The minimum atomic E-state index is 0.114. The van der Waals surface area contributed by atoms with E-state index < -0.39 is 0 Å². The molecule has 116 valence electrons. The monoisotopic (exact) mass is 299 g/mol. The number of likely N-dealkylation sites (N-methyl/N-ethyl adjacent to an activating group) is 1. The van der Waals surface area contributed by atoms with Crippen LogP contribution in [0, 0.1) is 0 Å². The Balaban J connectivity index is 2.00. The number of methoxy groups -OCH3 is 2. The maximum Gasteiger partial charge on any atom is 0.176 e. The number of Topliss-reactive ketones (excluding diaryl/α,β-unsaturated/α-hetero) is 1. The lowest BCUT2D eigenvalue weighted by Gasteiger charge is -2.17. The zero-order valence-corrected chi connectivity index (χ0v) is 13.2. The summed E-state index contributed by atoms with van der Waals surface area (Å²) in [6.45, 7) is 1.04. The number of hydrogen-bond acceptors (Lipinski definition) is 4. The molecule has 0 unspecified atom stereocenters. The fourth-order valence-electron chi connectivity index (χ4n) is 2.31. The first kappa shape index (κ1) is 16.0. The van der Waals surface area contributed by atoms with E-state index in [1.165, 1.54) is 0 Å². The van der Waals surface area contributed by atoms with Crippen molar-refractivity contribution >= 4 is 5.78 Å². The standard InChI is InChI=1S/C18H21NO3/c1-19(13-16(20)15-7-5-4-6-8-15)12-14-9-10-17(21-2)18(11-14)22-3/h4-11H,12-13H2,1-3H3. The lowest BCUT2D eigenvalue weighted by molar-refractivity contribution is 0.0943. The molecule has 0 saturated carbocycles. The Morgan fingerprint density at radius 1 is 1.00 bits per heavy atom. The Hall–Kier alpha value is -2.33. The number of benzene rings is 2. The molecule has 0 aliphatic heterocycles.